The summed E-state index contributed by atoms with van der Waals surface area (Å²) in [6.45, 7) is 7.73. The highest BCUT2D eigenvalue weighted by Gasteiger charge is 2.43. The van der Waals surface area contributed by atoms with Crippen molar-refractivity contribution in [3.63, 3.8) is 0 Å². The lowest BCUT2D eigenvalue weighted by Gasteiger charge is -2.14. The van der Waals surface area contributed by atoms with Gasteiger partial charge in [0.15, 0.2) is 0 Å². The van der Waals surface area contributed by atoms with Gasteiger partial charge in [-0.1, -0.05) is 18.2 Å². The van der Waals surface area contributed by atoms with Crippen molar-refractivity contribution in [2.75, 3.05) is 0 Å². The van der Waals surface area contributed by atoms with Gasteiger partial charge < -0.3 is 0 Å². The van der Waals surface area contributed by atoms with Crippen LogP contribution in [0.2, 0.25) is 0 Å². The van der Waals surface area contributed by atoms with Crippen LogP contribution in [0.4, 0.5) is 0 Å². The highest BCUT2D eigenvalue weighted by Crippen LogP contribution is 2.50. The Morgan fingerprint density at radius 1 is 1.40 bits per heavy atom. The van der Waals surface area contributed by atoms with E-state index in [4.69, 9.17) is 11.6 Å². The number of allylic oxidation sites excluding steroid dienone is 4. The van der Waals surface area contributed by atoms with E-state index < -0.39 is 0 Å². The van der Waals surface area contributed by atoms with E-state index in [-0.39, 0.29) is 5.24 Å². The summed E-state index contributed by atoms with van der Waals surface area (Å²) in [4.78, 5) is 11.1. The number of hydrogen-bond donors (Lipinski definition) is 0. The van der Waals surface area contributed by atoms with Gasteiger partial charge in [0, 0.05) is 5.57 Å². The topological polar surface area (TPSA) is 17.1 Å². The zero-order valence-electron chi connectivity index (χ0n) is 8.66. The molecule has 0 aromatic rings. The summed E-state index contributed by atoms with van der Waals surface area (Å²) in [6.07, 6.45) is 7.99. The average molecular weight is 223 g/mol. The van der Waals surface area contributed by atoms with Crippen LogP contribution in [-0.2, 0) is 4.79 Å². The number of carbonyl (C=O) groups is 1. The summed E-state index contributed by atoms with van der Waals surface area (Å²) in [6, 6.07) is 0. The lowest BCUT2D eigenvalue weighted by molar-refractivity contribution is -0.108. The van der Waals surface area contributed by atoms with Crippen molar-refractivity contribution in [2.45, 2.75) is 12.8 Å². The molecule has 2 rings (SSSR count). The molecule has 15 heavy (non-hydrogen) atoms. The van der Waals surface area contributed by atoms with E-state index in [2.05, 4.69) is 19.2 Å². The first-order valence-corrected chi connectivity index (χ1v) is 5.70. The van der Waals surface area contributed by atoms with Crippen LogP contribution in [0.5, 0.6) is 0 Å². The first-order valence-electron chi connectivity index (χ1n) is 5.33. The number of hydrogen-bond acceptors (Lipinski definition) is 1. The molecule has 0 amide bonds. The minimum Gasteiger partial charge on any atom is -0.276 e. The summed E-state index contributed by atoms with van der Waals surface area (Å²) in [5.41, 5.74) is 0.782. The van der Waals surface area contributed by atoms with E-state index in [0.717, 1.165) is 18.4 Å². The second kappa shape index (κ2) is 3.97. The molecule has 0 N–H and O–H groups in total. The van der Waals surface area contributed by atoms with Crippen molar-refractivity contribution >= 4 is 16.8 Å². The van der Waals surface area contributed by atoms with E-state index in [1.165, 1.54) is 0 Å². The molecule has 0 aliphatic heterocycles. The van der Waals surface area contributed by atoms with Crippen LogP contribution in [-0.4, -0.2) is 5.24 Å². The van der Waals surface area contributed by atoms with Crippen molar-refractivity contribution < 1.29 is 4.79 Å². The summed E-state index contributed by atoms with van der Waals surface area (Å²) in [5, 5.41) is -0.296. The van der Waals surface area contributed by atoms with Gasteiger partial charge in [0.2, 0.25) is 5.24 Å². The van der Waals surface area contributed by atoms with Crippen molar-refractivity contribution in [3.8, 4) is 0 Å². The molecule has 1 saturated carbocycles. The fourth-order valence-corrected chi connectivity index (χ4v) is 3.15. The van der Waals surface area contributed by atoms with Gasteiger partial charge in [-0.2, -0.15) is 0 Å². The first-order chi connectivity index (χ1) is 7.17. The molecule has 0 radical (unpaired) electrons. The lowest BCUT2D eigenvalue weighted by Crippen LogP contribution is -2.09. The smallest absolute Gasteiger partial charge is 0.248 e. The molecule has 4 atom stereocenters. The maximum atomic E-state index is 11.1. The molecule has 0 bridgehead atoms. The second-order valence-electron chi connectivity index (χ2n) is 4.45. The highest BCUT2D eigenvalue weighted by molar-refractivity contribution is 6.67. The molecule has 0 aromatic carbocycles. The largest absolute Gasteiger partial charge is 0.276 e. The SMILES string of the molecule is C=CC1CC(C=C)C2CC(C(=O)Cl)=CC12. The van der Waals surface area contributed by atoms with Crippen LogP contribution in [0.3, 0.4) is 0 Å². The van der Waals surface area contributed by atoms with E-state index in [0.29, 0.717) is 23.7 Å². The Morgan fingerprint density at radius 3 is 2.60 bits per heavy atom. The third-order valence-electron chi connectivity index (χ3n) is 3.79. The van der Waals surface area contributed by atoms with Crippen LogP contribution in [0.1, 0.15) is 12.8 Å². The Labute approximate surface area is 95.5 Å². The lowest BCUT2D eigenvalue weighted by atomic mass is 9.89. The fraction of sp³-hybridized carbons (Fsp3) is 0.462. The van der Waals surface area contributed by atoms with Gasteiger partial charge >= 0.3 is 0 Å². The molecule has 4 unspecified atom stereocenters. The molecule has 2 heteroatoms. The number of rotatable bonds is 3. The molecular weight excluding hydrogens is 208 g/mol. The Bertz CT molecular complexity index is 342. The minimum absolute atomic E-state index is 0.296. The fourth-order valence-electron chi connectivity index (χ4n) is 3.01. The van der Waals surface area contributed by atoms with Gasteiger partial charge in [-0.05, 0) is 48.1 Å². The van der Waals surface area contributed by atoms with Gasteiger partial charge in [0.05, 0.1) is 0 Å². The molecule has 0 heterocycles. The molecule has 80 valence electrons. The summed E-state index contributed by atoms with van der Waals surface area (Å²) < 4.78 is 0. The number of fused-ring (bicyclic) bond motifs is 1. The van der Waals surface area contributed by atoms with E-state index in [1.54, 1.807) is 0 Å². The number of halogens is 1. The molecule has 2 aliphatic rings. The van der Waals surface area contributed by atoms with Crippen molar-refractivity contribution in [1.82, 2.24) is 0 Å². The zero-order chi connectivity index (χ0) is 11.0. The zero-order valence-corrected chi connectivity index (χ0v) is 9.41. The summed E-state index contributed by atoms with van der Waals surface area (Å²) >= 11 is 5.52. The van der Waals surface area contributed by atoms with Crippen LogP contribution in [0.25, 0.3) is 0 Å². The molecule has 2 aliphatic carbocycles. The predicted octanol–water partition coefficient (Wildman–Crippen LogP) is 3.32. The Kier molecular flexibility index (Phi) is 2.83. The number of carbonyl (C=O) groups excluding carboxylic acids is 1. The molecule has 0 saturated heterocycles. The van der Waals surface area contributed by atoms with Crippen molar-refractivity contribution in [3.05, 3.63) is 37.0 Å². The average Bonchev–Trinajstić information content (AvgIpc) is 2.74. The minimum atomic E-state index is -0.296. The van der Waals surface area contributed by atoms with E-state index >= 15 is 0 Å². The molecule has 0 aromatic heterocycles. The van der Waals surface area contributed by atoms with Gasteiger partial charge in [0.1, 0.15) is 0 Å². The summed E-state index contributed by atoms with van der Waals surface area (Å²) in [7, 11) is 0. The summed E-state index contributed by atoms with van der Waals surface area (Å²) in [5.74, 6) is 1.95. The van der Waals surface area contributed by atoms with Crippen molar-refractivity contribution in [2.24, 2.45) is 23.7 Å². The second-order valence-corrected chi connectivity index (χ2v) is 4.79. The van der Waals surface area contributed by atoms with Crippen molar-refractivity contribution in [1.29, 1.82) is 0 Å². The van der Waals surface area contributed by atoms with Crippen LogP contribution < -0.4 is 0 Å². The van der Waals surface area contributed by atoms with E-state index in [9.17, 15) is 4.79 Å². The maximum Gasteiger partial charge on any atom is 0.248 e. The monoisotopic (exact) mass is 222 g/mol. The Morgan fingerprint density at radius 2 is 2.07 bits per heavy atom. The molecule has 1 nitrogen and oxygen atoms in total. The standard InChI is InChI=1S/C13H15ClO/c1-3-8-5-9(4-2)12-7-10(13(14)15)6-11(8)12/h3-4,6,8-9,11-12H,1-2,5,7H2. The van der Waals surface area contributed by atoms with Gasteiger partial charge in [-0.15, -0.1) is 13.2 Å². The highest BCUT2D eigenvalue weighted by atomic mass is 35.5. The van der Waals surface area contributed by atoms with Gasteiger partial charge in [-0.25, -0.2) is 0 Å². The van der Waals surface area contributed by atoms with Gasteiger partial charge in [-0.3, -0.25) is 4.79 Å². The first kappa shape index (κ1) is 10.7. The van der Waals surface area contributed by atoms with Gasteiger partial charge in [0.25, 0.3) is 0 Å². The van der Waals surface area contributed by atoms with E-state index in [1.807, 2.05) is 12.2 Å². The van der Waals surface area contributed by atoms with Crippen LogP contribution >= 0.6 is 11.6 Å². The maximum absolute atomic E-state index is 11.1. The predicted molar refractivity (Wildman–Crippen MR) is 62.5 cm³/mol. The Balaban J connectivity index is 2.24. The van der Waals surface area contributed by atoms with Crippen LogP contribution in [0, 0.1) is 23.7 Å². The third kappa shape index (κ3) is 1.69. The molecule has 1 fully saturated rings. The quantitative estimate of drug-likeness (QED) is 0.529. The molecule has 0 spiro atoms. The Hall–Kier alpha value is -0.820. The normalized spacial score (nSPS) is 38.3. The molecular formula is C13H15ClO. The third-order valence-corrected chi connectivity index (χ3v) is 4.03. The van der Waals surface area contributed by atoms with Crippen LogP contribution in [0.15, 0.2) is 37.0 Å².